The van der Waals surface area contributed by atoms with Crippen molar-refractivity contribution in [1.29, 1.82) is 0 Å². The van der Waals surface area contributed by atoms with Crippen LogP contribution in [0.4, 0.5) is 5.69 Å². The van der Waals surface area contributed by atoms with Crippen molar-refractivity contribution >= 4 is 40.6 Å². The number of anilines is 1. The predicted molar refractivity (Wildman–Crippen MR) is 99.3 cm³/mol. The number of carbonyl (C=O) groups is 2. The molecule has 2 bridgehead atoms. The predicted octanol–water partition coefficient (Wildman–Crippen LogP) is 2.52. The van der Waals surface area contributed by atoms with Gasteiger partial charge in [0.1, 0.15) is 0 Å². The van der Waals surface area contributed by atoms with Gasteiger partial charge in [0, 0.05) is 10.1 Å². The highest BCUT2D eigenvalue weighted by Gasteiger charge is 2.68. The second-order valence-corrected chi connectivity index (χ2v) is 9.94. The first kappa shape index (κ1) is 15.2. The Morgan fingerprint density at radius 2 is 1.69 bits per heavy atom. The molecule has 7 heteroatoms. The highest BCUT2D eigenvalue weighted by molar-refractivity contribution is 8.00. The summed E-state index contributed by atoms with van der Waals surface area (Å²) in [4.78, 5) is 43.5. The number of H-pyrrole nitrogens is 1. The molecule has 6 rings (SSSR count). The highest BCUT2D eigenvalue weighted by atomic mass is 32.2. The Labute approximate surface area is 157 Å². The largest absolute Gasteiger partial charge is 0.307 e. The minimum atomic E-state index is -0.187. The SMILES string of the molecule is O=C1C2C3C[C@@H](C2C(=O)N1c1ccccc1)[C@@H]1Cc2sc(=O)[nH]c2S[C@H]31. The number of nitrogens with zero attached hydrogens (tertiary/aromatic N) is 1. The third-order valence-electron chi connectivity index (χ3n) is 6.63. The number of nitrogens with one attached hydrogen (secondary N) is 1. The molecule has 2 saturated carbocycles. The molecule has 2 aliphatic carbocycles. The molecule has 132 valence electrons. The van der Waals surface area contributed by atoms with Crippen LogP contribution in [-0.4, -0.2) is 22.0 Å². The van der Waals surface area contributed by atoms with Crippen molar-refractivity contribution in [3.8, 4) is 0 Å². The van der Waals surface area contributed by atoms with Crippen molar-refractivity contribution in [2.45, 2.75) is 23.1 Å². The van der Waals surface area contributed by atoms with Crippen LogP contribution in [0, 0.1) is 29.6 Å². The molecule has 1 N–H and O–H groups in total. The Hall–Kier alpha value is -1.86. The smallest absolute Gasteiger partial charge is 0.305 e. The van der Waals surface area contributed by atoms with E-state index in [0.29, 0.717) is 16.9 Å². The first-order chi connectivity index (χ1) is 12.6. The van der Waals surface area contributed by atoms with E-state index in [1.165, 1.54) is 16.2 Å². The Balaban J connectivity index is 1.39. The van der Waals surface area contributed by atoms with E-state index < -0.39 is 0 Å². The summed E-state index contributed by atoms with van der Waals surface area (Å²) < 4.78 is 0. The zero-order valence-corrected chi connectivity index (χ0v) is 15.4. The molecule has 2 aliphatic heterocycles. The maximum atomic E-state index is 13.2. The number of thiazole rings is 1. The Morgan fingerprint density at radius 1 is 0.962 bits per heavy atom. The van der Waals surface area contributed by atoms with Gasteiger partial charge in [0.15, 0.2) is 0 Å². The second-order valence-electron chi connectivity index (χ2n) is 7.68. The van der Waals surface area contributed by atoms with Crippen LogP contribution in [0.2, 0.25) is 0 Å². The number of para-hydroxylation sites is 1. The van der Waals surface area contributed by atoms with Gasteiger partial charge in [-0.05, 0) is 42.7 Å². The molecule has 3 unspecified atom stereocenters. The Morgan fingerprint density at radius 3 is 2.46 bits per heavy atom. The molecular formula is C19H16N2O3S2. The van der Waals surface area contributed by atoms with Gasteiger partial charge in [0.05, 0.1) is 22.5 Å². The summed E-state index contributed by atoms with van der Waals surface area (Å²) in [6.07, 6.45) is 1.84. The maximum absolute atomic E-state index is 13.2. The van der Waals surface area contributed by atoms with E-state index in [1.807, 2.05) is 30.3 Å². The lowest BCUT2D eigenvalue weighted by atomic mass is 9.73. The van der Waals surface area contributed by atoms with Gasteiger partial charge < -0.3 is 4.98 Å². The van der Waals surface area contributed by atoms with E-state index in [1.54, 1.807) is 11.8 Å². The number of hydrogen-bond acceptors (Lipinski definition) is 5. The van der Waals surface area contributed by atoms with Gasteiger partial charge in [-0.1, -0.05) is 29.5 Å². The molecule has 4 aliphatic rings. The molecule has 0 spiro atoms. The standard InChI is InChI=1S/C19H16N2O3S2/c22-17-13-9-6-11(14(13)18(23)21(17)8-4-2-1-3-5-8)15-10(9)7-12-16(26-15)20-19(24)25-12/h1-5,9-11,13-15H,6-7H2,(H,20,24)/t9-,10+,11?,13?,14?,15+/m1/s1. The molecule has 6 atom stereocenters. The van der Waals surface area contributed by atoms with E-state index in [0.717, 1.165) is 22.7 Å². The van der Waals surface area contributed by atoms with Gasteiger partial charge in [-0.3, -0.25) is 19.3 Å². The fraction of sp³-hybridized carbons (Fsp3) is 0.421. The number of rotatable bonds is 1. The van der Waals surface area contributed by atoms with E-state index in [4.69, 9.17) is 0 Å². The van der Waals surface area contributed by atoms with Crippen molar-refractivity contribution < 1.29 is 9.59 Å². The molecule has 3 fully saturated rings. The van der Waals surface area contributed by atoms with E-state index >= 15 is 0 Å². The quantitative estimate of drug-likeness (QED) is 0.767. The van der Waals surface area contributed by atoms with Crippen molar-refractivity contribution in [3.63, 3.8) is 0 Å². The molecule has 26 heavy (non-hydrogen) atoms. The van der Waals surface area contributed by atoms with Crippen LogP contribution in [0.1, 0.15) is 11.3 Å². The zero-order chi connectivity index (χ0) is 17.6. The molecule has 5 nitrogen and oxygen atoms in total. The van der Waals surface area contributed by atoms with E-state index in [2.05, 4.69) is 4.98 Å². The average Bonchev–Trinajstić information content (AvgIpc) is 3.34. The summed E-state index contributed by atoms with van der Waals surface area (Å²) in [5.41, 5.74) is 0.690. The Kier molecular flexibility index (Phi) is 2.99. The lowest BCUT2D eigenvalue weighted by molar-refractivity contribution is -0.123. The first-order valence-electron chi connectivity index (χ1n) is 8.95. The van der Waals surface area contributed by atoms with Crippen LogP contribution >= 0.6 is 23.1 Å². The van der Waals surface area contributed by atoms with Crippen LogP contribution in [0.5, 0.6) is 0 Å². The molecule has 3 heterocycles. The van der Waals surface area contributed by atoms with Crippen molar-refractivity contribution in [3.05, 3.63) is 44.9 Å². The highest BCUT2D eigenvalue weighted by Crippen LogP contribution is 2.65. The third kappa shape index (κ3) is 1.80. The molecule has 1 aromatic carbocycles. The molecule has 1 saturated heterocycles. The molecule has 2 aromatic rings. The number of carbonyl (C=O) groups excluding carboxylic acids is 2. The van der Waals surface area contributed by atoms with Gasteiger partial charge in [-0.25, -0.2) is 0 Å². The second kappa shape index (κ2) is 5.10. The number of fused-ring (bicyclic) bond motifs is 9. The van der Waals surface area contributed by atoms with Crippen molar-refractivity contribution in [1.82, 2.24) is 4.98 Å². The van der Waals surface area contributed by atoms with Gasteiger partial charge in [0.2, 0.25) is 11.8 Å². The monoisotopic (exact) mass is 384 g/mol. The number of amides is 2. The van der Waals surface area contributed by atoms with E-state index in [-0.39, 0.29) is 40.4 Å². The van der Waals surface area contributed by atoms with Gasteiger partial charge >= 0.3 is 4.87 Å². The summed E-state index contributed by atoms with van der Waals surface area (Å²) in [7, 11) is 0. The summed E-state index contributed by atoms with van der Waals surface area (Å²) in [6, 6.07) is 9.29. The van der Waals surface area contributed by atoms with Gasteiger partial charge in [-0.2, -0.15) is 0 Å². The Bertz CT molecular complexity index is 941. The average molecular weight is 384 g/mol. The van der Waals surface area contributed by atoms with Crippen molar-refractivity contribution in [2.75, 3.05) is 4.90 Å². The summed E-state index contributed by atoms with van der Waals surface area (Å²) in [5, 5.41) is 1.33. The number of aromatic nitrogens is 1. The fourth-order valence-electron chi connectivity index (χ4n) is 5.76. The number of benzene rings is 1. The normalized spacial score (nSPS) is 37.0. The molecule has 2 amide bonds. The van der Waals surface area contributed by atoms with E-state index in [9.17, 15) is 14.4 Å². The minimum absolute atomic E-state index is 0.00239. The lowest BCUT2D eigenvalue weighted by Gasteiger charge is -2.37. The summed E-state index contributed by atoms with van der Waals surface area (Å²) in [5.74, 6) is 0.495. The molecule has 0 radical (unpaired) electrons. The molecular weight excluding hydrogens is 368 g/mol. The maximum Gasteiger partial charge on any atom is 0.305 e. The summed E-state index contributed by atoms with van der Waals surface area (Å²) in [6.45, 7) is 0. The summed E-state index contributed by atoms with van der Waals surface area (Å²) >= 11 is 3.03. The van der Waals surface area contributed by atoms with Crippen molar-refractivity contribution in [2.24, 2.45) is 29.6 Å². The number of imide groups is 1. The fourth-order valence-corrected chi connectivity index (χ4v) is 8.46. The van der Waals surface area contributed by atoms with Gasteiger partial charge in [0.25, 0.3) is 0 Å². The number of aromatic amines is 1. The number of hydrogen-bond donors (Lipinski definition) is 1. The van der Waals surface area contributed by atoms with Crippen LogP contribution in [0.25, 0.3) is 0 Å². The topological polar surface area (TPSA) is 70.2 Å². The van der Waals surface area contributed by atoms with Crippen LogP contribution in [-0.2, 0) is 16.0 Å². The molecule has 1 aromatic heterocycles. The minimum Gasteiger partial charge on any atom is -0.307 e. The van der Waals surface area contributed by atoms with Gasteiger partial charge in [-0.15, -0.1) is 11.8 Å². The lowest BCUT2D eigenvalue weighted by Crippen LogP contribution is -2.40. The third-order valence-corrected chi connectivity index (χ3v) is 9.22. The van der Waals surface area contributed by atoms with Crippen LogP contribution < -0.4 is 9.77 Å². The van der Waals surface area contributed by atoms with Crippen LogP contribution in [0.15, 0.2) is 40.2 Å². The first-order valence-corrected chi connectivity index (χ1v) is 10.6. The van der Waals surface area contributed by atoms with Crippen LogP contribution in [0.3, 0.4) is 0 Å². The zero-order valence-electron chi connectivity index (χ0n) is 13.8. The number of thioether (sulfide) groups is 1.